The van der Waals surface area contributed by atoms with Gasteiger partial charge in [0.25, 0.3) is 0 Å². The fourth-order valence-electron chi connectivity index (χ4n) is 8.76. The van der Waals surface area contributed by atoms with E-state index in [0.29, 0.717) is 11.5 Å². The van der Waals surface area contributed by atoms with Crippen molar-refractivity contribution in [3.05, 3.63) is 22.3 Å². The summed E-state index contributed by atoms with van der Waals surface area (Å²) in [5, 5.41) is 0. The molecule has 26 heavy (non-hydrogen) atoms. The Labute approximate surface area is 156 Å². The summed E-state index contributed by atoms with van der Waals surface area (Å²) < 4.78 is 5.27. The summed E-state index contributed by atoms with van der Waals surface area (Å²) in [5.74, 6) is 2.36. The third kappa shape index (κ3) is 1.53. The van der Waals surface area contributed by atoms with Crippen molar-refractivity contribution in [2.75, 3.05) is 20.2 Å². The molecule has 6 rings (SSSR count). The molecule has 0 amide bonds. The lowest BCUT2D eigenvalue weighted by atomic mass is 9.44. The number of hydrogen-bond acceptors (Lipinski definition) is 3. The maximum Gasteiger partial charge on any atom is 0.334 e. The Hall–Kier alpha value is -1.09. The Bertz CT molecular complexity index is 779. The number of nitrogens with zero attached hydrogens (tertiary/aromatic N) is 1. The second-order valence-corrected chi connectivity index (χ2v) is 10.3. The van der Waals surface area contributed by atoms with Crippen LogP contribution in [0.5, 0.6) is 0 Å². The third-order valence-corrected chi connectivity index (χ3v) is 9.75. The first-order valence-electron chi connectivity index (χ1n) is 10.8. The zero-order valence-corrected chi connectivity index (χ0v) is 16.4. The molecule has 0 aromatic heterocycles. The van der Waals surface area contributed by atoms with Crippen molar-refractivity contribution in [2.45, 2.75) is 64.8 Å². The summed E-state index contributed by atoms with van der Waals surface area (Å²) in [7, 11) is 1.56. The average Bonchev–Trinajstić information content (AvgIpc) is 3.26. The summed E-state index contributed by atoms with van der Waals surface area (Å²) in [4.78, 5) is 15.6. The van der Waals surface area contributed by atoms with Crippen molar-refractivity contribution in [2.24, 2.45) is 28.6 Å². The first kappa shape index (κ1) is 15.9. The first-order chi connectivity index (χ1) is 12.5. The number of carbonyl (C=O) groups is 1. The predicted octanol–water partition coefficient (Wildman–Crippen LogP) is 4.10. The molecule has 0 N–H and O–H groups in total. The van der Waals surface area contributed by atoms with Crippen LogP contribution < -0.4 is 0 Å². The molecule has 3 fully saturated rings. The van der Waals surface area contributed by atoms with E-state index in [0.717, 1.165) is 36.2 Å². The van der Waals surface area contributed by atoms with E-state index in [1.165, 1.54) is 50.8 Å². The highest BCUT2D eigenvalue weighted by molar-refractivity contribution is 5.93. The second kappa shape index (κ2) is 4.84. The number of allylic oxidation sites excluding steroid dienone is 2. The highest BCUT2D eigenvalue weighted by Gasteiger charge is 2.72. The lowest BCUT2D eigenvalue weighted by Crippen LogP contribution is -2.66. The van der Waals surface area contributed by atoms with Gasteiger partial charge in [0.2, 0.25) is 0 Å². The van der Waals surface area contributed by atoms with Crippen molar-refractivity contribution in [1.82, 2.24) is 4.90 Å². The highest BCUT2D eigenvalue weighted by Crippen LogP contribution is 2.75. The predicted molar refractivity (Wildman–Crippen MR) is 100 cm³/mol. The van der Waals surface area contributed by atoms with Crippen molar-refractivity contribution < 1.29 is 9.53 Å². The quantitative estimate of drug-likeness (QED) is 0.665. The molecular formula is C23H31NO2. The molecule has 0 aromatic rings. The summed E-state index contributed by atoms with van der Waals surface area (Å²) >= 11 is 0. The summed E-state index contributed by atoms with van der Waals surface area (Å²) in [6.45, 7) is 7.66. The molecular weight excluding hydrogens is 322 g/mol. The molecule has 0 aromatic carbocycles. The number of esters is 1. The number of methoxy groups -OCH3 is 1. The number of rotatable bonds is 1. The number of hydrogen-bond donors (Lipinski definition) is 0. The Morgan fingerprint density at radius 1 is 1.19 bits per heavy atom. The summed E-state index contributed by atoms with van der Waals surface area (Å²) in [6.07, 6.45) is 8.63. The lowest BCUT2D eigenvalue weighted by molar-refractivity contribution is -0.143. The van der Waals surface area contributed by atoms with Crippen LogP contribution in [0.15, 0.2) is 22.3 Å². The minimum absolute atomic E-state index is 0.0459. The zero-order valence-electron chi connectivity index (χ0n) is 16.4. The molecule has 0 radical (unpaired) electrons. The van der Waals surface area contributed by atoms with E-state index in [9.17, 15) is 4.79 Å². The lowest BCUT2D eigenvalue weighted by Gasteiger charge is -2.65. The van der Waals surface area contributed by atoms with E-state index in [-0.39, 0.29) is 11.4 Å². The number of carbonyl (C=O) groups excluding carboxylic acids is 1. The third-order valence-electron chi connectivity index (χ3n) is 9.75. The van der Waals surface area contributed by atoms with Gasteiger partial charge in [0.15, 0.2) is 0 Å². The average molecular weight is 354 g/mol. The van der Waals surface area contributed by atoms with Crippen molar-refractivity contribution in [1.29, 1.82) is 0 Å². The van der Waals surface area contributed by atoms with Crippen LogP contribution in [-0.4, -0.2) is 37.1 Å². The van der Waals surface area contributed by atoms with Gasteiger partial charge in [-0.1, -0.05) is 19.4 Å². The maximum atomic E-state index is 12.7. The van der Waals surface area contributed by atoms with Crippen LogP contribution in [0.4, 0.5) is 0 Å². The SMILES string of the molecule is COC(=O)C1=C2CCC3=C2[C@@]2(C1)[C@@H]1[C@@H]4CC[C@@]2(C)[C@H](CC3)CN1C[C@H]4C. The Morgan fingerprint density at radius 2 is 2.04 bits per heavy atom. The summed E-state index contributed by atoms with van der Waals surface area (Å²) in [6, 6.07) is 0.658. The van der Waals surface area contributed by atoms with E-state index in [1.54, 1.807) is 18.3 Å². The molecule has 1 spiro atoms. The van der Waals surface area contributed by atoms with Gasteiger partial charge >= 0.3 is 5.97 Å². The van der Waals surface area contributed by atoms with E-state index < -0.39 is 0 Å². The van der Waals surface area contributed by atoms with Crippen LogP contribution in [-0.2, 0) is 9.53 Å². The smallest absolute Gasteiger partial charge is 0.334 e. The van der Waals surface area contributed by atoms with Crippen molar-refractivity contribution in [3.8, 4) is 0 Å². The Balaban J connectivity index is 1.63. The molecule has 2 heterocycles. The fourth-order valence-corrected chi connectivity index (χ4v) is 8.76. The highest BCUT2D eigenvalue weighted by atomic mass is 16.5. The van der Waals surface area contributed by atoms with E-state index >= 15 is 0 Å². The number of ether oxygens (including phenoxy) is 1. The normalized spacial score (nSPS) is 48.7. The van der Waals surface area contributed by atoms with Gasteiger partial charge in [-0.3, -0.25) is 4.90 Å². The van der Waals surface area contributed by atoms with Crippen molar-refractivity contribution >= 4 is 5.97 Å². The molecule has 2 saturated heterocycles. The molecule has 4 aliphatic carbocycles. The van der Waals surface area contributed by atoms with Gasteiger partial charge in [-0.25, -0.2) is 4.79 Å². The van der Waals surface area contributed by atoms with Gasteiger partial charge in [-0.15, -0.1) is 0 Å². The van der Waals surface area contributed by atoms with Gasteiger partial charge in [0.05, 0.1) is 7.11 Å². The van der Waals surface area contributed by atoms with Crippen LogP contribution in [0.1, 0.15) is 58.8 Å². The standard InChI is InChI=1S/C23H31NO2/c1-13-11-24-12-15-6-4-14-5-7-17-18(21(25)26-3)10-23(19(14)17)20(24)16(13)8-9-22(15,23)2/h13,15-16,20H,4-12H2,1-3H3/t13-,15-,16-,20+,22+,23+/m1/s1. The monoisotopic (exact) mass is 353 g/mol. The minimum Gasteiger partial charge on any atom is -0.466 e. The van der Waals surface area contributed by atoms with Gasteiger partial charge in [-0.2, -0.15) is 0 Å². The summed E-state index contributed by atoms with van der Waals surface area (Å²) in [5.41, 5.74) is 6.42. The minimum atomic E-state index is -0.0459. The van der Waals surface area contributed by atoms with Crippen LogP contribution in [0.3, 0.4) is 0 Å². The molecule has 3 nitrogen and oxygen atoms in total. The molecule has 4 bridgehead atoms. The van der Waals surface area contributed by atoms with Crippen molar-refractivity contribution in [3.63, 3.8) is 0 Å². The van der Waals surface area contributed by atoms with Gasteiger partial charge < -0.3 is 4.74 Å². The molecule has 0 unspecified atom stereocenters. The zero-order chi connectivity index (χ0) is 17.8. The Kier molecular flexibility index (Phi) is 2.96. The van der Waals surface area contributed by atoms with Crippen LogP contribution in [0.25, 0.3) is 0 Å². The Morgan fingerprint density at radius 3 is 2.85 bits per heavy atom. The molecule has 140 valence electrons. The van der Waals surface area contributed by atoms with Gasteiger partial charge in [0.1, 0.15) is 0 Å². The molecule has 6 aliphatic rings. The van der Waals surface area contributed by atoms with E-state index in [2.05, 4.69) is 18.7 Å². The molecule has 3 heteroatoms. The van der Waals surface area contributed by atoms with Gasteiger partial charge in [0, 0.05) is 30.1 Å². The molecule has 6 atom stereocenters. The second-order valence-electron chi connectivity index (χ2n) is 10.3. The van der Waals surface area contributed by atoms with Gasteiger partial charge in [-0.05, 0) is 79.3 Å². The van der Waals surface area contributed by atoms with E-state index in [1.807, 2.05) is 0 Å². The van der Waals surface area contributed by atoms with Crippen LogP contribution in [0, 0.1) is 28.6 Å². The topological polar surface area (TPSA) is 29.5 Å². The largest absolute Gasteiger partial charge is 0.466 e. The molecule has 1 saturated carbocycles. The fraction of sp³-hybridized carbons (Fsp3) is 0.783. The number of piperidine rings is 1. The van der Waals surface area contributed by atoms with Crippen LogP contribution >= 0.6 is 0 Å². The van der Waals surface area contributed by atoms with E-state index in [4.69, 9.17) is 4.74 Å². The maximum absolute atomic E-state index is 12.7. The first-order valence-corrected chi connectivity index (χ1v) is 10.8. The molecule has 2 aliphatic heterocycles. The van der Waals surface area contributed by atoms with Crippen LogP contribution in [0.2, 0.25) is 0 Å².